The first-order chi connectivity index (χ1) is 21.8. The van der Waals surface area contributed by atoms with E-state index in [-0.39, 0.29) is 30.2 Å². The lowest BCUT2D eigenvalue weighted by Gasteiger charge is -2.41. The average Bonchev–Trinajstić information content (AvgIpc) is 3.46. The van der Waals surface area contributed by atoms with E-state index in [4.69, 9.17) is 11.6 Å². The van der Waals surface area contributed by atoms with Crippen LogP contribution in [0.4, 0.5) is 4.39 Å². The van der Waals surface area contributed by atoms with Gasteiger partial charge >= 0.3 is 0 Å². The van der Waals surface area contributed by atoms with Crippen LogP contribution in [0.2, 0.25) is 5.02 Å². The van der Waals surface area contributed by atoms with Gasteiger partial charge in [-0.05, 0) is 48.7 Å². The lowest BCUT2D eigenvalue weighted by Crippen LogP contribution is -2.57. The molecule has 1 fully saturated rings. The van der Waals surface area contributed by atoms with Gasteiger partial charge in [0, 0.05) is 75.3 Å². The van der Waals surface area contributed by atoms with E-state index in [9.17, 15) is 14.4 Å². The van der Waals surface area contributed by atoms with Gasteiger partial charge in [-0.15, -0.1) is 0 Å². The van der Waals surface area contributed by atoms with Gasteiger partial charge in [0.15, 0.2) is 0 Å². The van der Waals surface area contributed by atoms with Gasteiger partial charge in [0.25, 0.3) is 0 Å². The highest BCUT2D eigenvalue weighted by Crippen LogP contribution is 2.29. The van der Waals surface area contributed by atoms with Gasteiger partial charge in [-0.2, -0.15) is 0 Å². The maximum absolute atomic E-state index is 15.0. The van der Waals surface area contributed by atoms with Crippen molar-refractivity contribution in [1.82, 2.24) is 25.3 Å². The van der Waals surface area contributed by atoms with E-state index in [1.165, 1.54) is 11.6 Å². The third kappa shape index (κ3) is 7.72. The summed E-state index contributed by atoms with van der Waals surface area (Å²) in [5, 5.41) is 7.02. The molecule has 2 aliphatic heterocycles. The number of piperazine rings is 1. The molecule has 0 radical (unpaired) electrons. The van der Waals surface area contributed by atoms with Crippen molar-refractivity contribution in [3.63, 3.8) is 0 Å². The third-order valence-corrected chi connectivity index (χ3v) is 9.10. The molecule has 1 saturated heterocycles. The maximum atomic E-state index is 15.0. The molecular formula is C35H41ClFN5O3. The molecule has 0 aliphatic carbocycles. The smallest absolute Gasteiger partial charge is 0.245 e. The highest BCUT2D eigenvalue weighted by atomic mass is 35.5. The Bertz CT molecular complexity index is 1490. The Balaban J connectivity index is 1.30. The van der Waals surface area contributed by atoms with E-state index < -0.39 is 17.9 Å². The minimum absolute atomic E-state index is 0.116. The van der Waals surface area contributed by atoms with Crippen LogP contribution in [0.5, 0.6) is 0 Å². The standard InChI is InChI=1S/C35H41ClFN5O3/c1-3-40(4-2)35(45)33(28-11-7-8-12-29(28)37)41-17-19-42(20-18-41)34(44)31(21-24-13-15-26(36)16-14-24)39-32(43)22-30-27-10-6-5-9-25(27)23-38-30/h5-16,30-31,33,38H,3-4,17-23H2,1-2H3,(H,39,43). The molecule has 0 bridgehead atoms. The minimum atomic E-state index is -0.783. The van der Waals surface area contributed by atoms with Crippen LogP contribution in [0.15, 0.2) is 72.8 Å². The summed E-state index contributed by atoms with van der Waals surface area (Å²) >= 11 is 6.10. The van der Waals surface area contributed by atoms with E-state index >= 15 is 4.39 Å². The lowest BCUT2D eigenvalue weighted by atomic mass is 10.0. The average molecular weight is 634 g/mol. The predicted octanol–water partition coefficient (Wildman–Crippen LogP) is 4.49. The van der Waals surface area contributed by atoms with Crippen LogP contribution in [-0.4, -0.2) is 77.7 Å². The molecule has 3 atom stereocenters. The molecule has 3 unspecified atom stereocenters. The molecule has 238 valence electrons. The summed E-state index contributed by atoms with van der Waals surface area (Å²) in [6.45, 7) is 7.04. The predicted molar refractivity (Wildman–Crippen MR) is 173 cm³/mol. The molecule has 2 aliphatic rings. The number of nitrogens with one attached hydrogen (secondary N) is 2. The van der Waals surface area contributed by atoms with Crippen molar-refractivity contribution in [2.24, 2.45) is 0 Å². The zero-order chi connectivity index (χ0) is 31.9. The summed E-state index contributed by atoms with van der Waals surface area (Å²) in [5.41, 5.74) is 3.50. The number of halogens is 2. The fourth-order valence-electron chi connectivity index (χ4n) is 6.37. The fraction of sp³-hybridized carbons (Fsp3) is 0.400. The number of rotatable bonds is 11. The number of likely N-dealkylation sites (N-methyl/N-ethyl adjacent to an activating group) is 1. The van der Waals surface area contributed by atoms with Gasteiger partial charge in [0.1, 0.15) is 17.9 Å². The Morgan fingerprint density at radius 3 is 2.31 bits per heavy atom. The molecule has 3 amide bonds. The van der Waals surface area contributed by atoms with Gasteiger partial charge in [0.05, 0.1) is 0 Å². The number of amides is 3. The number of fused-ring (bicyclic) bond motifs is 1. The molecule has 2 N–H and O–H groups in total. The first-order valence-corrected chi connectivity index (χ1v) is 16.1. The van der Waals surface area contributed by atoms with Gasteiger partial charge in [-0.3, -0.25) is 19.3 Å². The van der Waals surface area contributed by atoms with Crippen LogP contribution in [-0.2, 0) is 27.3 Å². The Hall–Kier alpha value is -3.79. The largest absolute Gasteiger partial charge is 0.344 e. The van der Waals surface area contributed by atoms with Gasteiger partial charge < -0.3 is 20.4 Å². The maximum Gasteiger partial charge on any atom is 0.245 e. The van der Waals surface area contributed by atoms with Crippen LogP contribution in [0.25, 0.3) is 0 Å². The summed E-state index contributed by atoms with van der Waals surface area (Å²) in [7, 11) is 0. The second-order valence-electron chi connectivity index (χ2n) is 11.6. The van der Waals surface area contributed by atoms with Crippen molar-refractivity contribution in [3.8, 4) is 0 Å². The lowest BCUT2D eigenvalue weighted by molar-refractivity contribution is -0.141. The van der Waals surface area contributed by atoms with Crippen molar-refractivity contribution in [2.75, 3.05) is 39.3 Å². The second-order valence-corrected chi connectivity index (χ2v) is 12.0. The van der Waals surface area contributed by atoms with Crippen LogP contribution in [0.1, 0.15) is 54.6 Å². The molecule has 0 saturated carbocycles. The van der Waals surface area contributed by atoms with Crippen molar-refractivity contribution >= 4 is 29.3 Å². The summed E-state index contributed by atoms with van der Waals surface area (Å²) in [5.74, 6) is -0.971. The van der Waals surface area contributed by atoms with Crippen molar-refractivity contribution < 1.29 is 18.8 Å². The first-order valence-electron chi connectivity index (χ1n) is 15.7. The van der Waals surface area contributed by atoms with Gasteiger partial charge in [-0.25, -0.2) is 4.39 Å². The van der Waals surface area contributed by atoms with Crippen molar-refractivity contribution in [3.05, 3.63) is 106 Å². The molecule has 8 nitrogen and oxygen atoms in total. The highest BCUT2D eigenvalue weighted by Gasteiger charge is 2.37. The molecule has 3 aromatic rings. The van der Waals surface area contributed by atoms with Gasteiger partial charge in [0.2, 0.25) is 17.7 Å². The zero-order valence-electron chi connectivity index (χ0n) is 25.8. The monoisotopic (exact) mass is 633 g/mol. The van der Waals surface area contributed by atoms with Crippen molar-refractivity contribution in [2.45, 2.75) is 51.4 Å². The van der Waals surface area contributed by atoms with Crippen LogP contribution < -0.4 is 10.6 Å². The fourth-order valence-corrected chi connectivity index (χ4v) is 6.49. The van der Waals surface area contributed by atoms with Gasteiger partial charge in [-0.1, -0.05) is 66.2 Å². The van der Waals surface area contributed by atoms with Crippen LogP contribution in [0, 0.1) is 5.82 Å². The molecule has 0 spiro atoms. The minimum Gasteiger partial charge on any atom is -0.344 e. The summed E-state index contributed by atoms with van der Waals surface area (Å²) < 4.78 is 15.0. The number of hydrogen-bond acceptors (Lipinski definition) is 5. The number of hydrogen-bond donors (Lipinski definition) is 2. The second kappa shape index (κ2) is 15.0. The first kappa shape index (κ1) is 32.6. The Morgan fingerprint density at radius 1 is 0.956 bits per heavy atom. The van der Waals surface area contributed by atoms with E-state index in [0.717, 1.165) is 11.1 Å². The summed E-state index contributed by atoms with van der Waals surface area (Å²) in [4.78, 5) is 46.4. The number of benzene rings is 3. The SMILES string of the molecule is CCN(CC)C(=O)C(c1ccccc1F)N1CCN(C(=O)C(Cc2ccc(Cl)cc2)NC(=O)CC2NCc3ccccc32)CC1. The molecular weight excluding hydrogens is 593 g/mol. The normalized spacial score (nSPS) is 17.8. The number of carbonyl (C=O) groups is 3. The quantitative estimate of drug-likeness (QED) is 0.325. The summed E-state index contributed by atoms with van der Waals surface area (Å²) in [6.07, 6.45) is 0.530. The topological polar surface area (TPSA) is 85.0 Å². The van der Waals surface area contributed by atoms with E-state index in [1.54, 1.807) is 40.1 Å². The molecule has 10 heteroatoms. The number of carbonyl (C=O) groups excluding carboxylic acids is 3. The summed E-state index contributed by atoms with van der Waals surface area (Å²) in [6, 6.07) is 20.0. The number of nitrogens with zero attached hydrogens (tertiary/aromatic N) is 3. The van der Waals surface area contributed by atoms with E-state index in [0.29, 0.717) is 62.8 Å². The Labute approximate surface area is 269 Å². The van der Waals surface area contributed by atoms with E-state index in [2.05, 4.69) is 16.7 Å². The van der Waals surface area contributed by atoms with Crippen LogP contribution >= 0.6 is 11.6 Å². The molecule has 0 aromatic heterocycles. The molecule has 3 aromatic carbocycles. The molecule has 5 rings (SSSR count). The van der Waals surface area contributed by atoms with E-state index in [1.807, 2.05) is 49.1 Å². The molecule has 45 heavy (non-hydrogen) atoms. The third-order valence-electron chi connectivity index (χ3n) is 8.85. The van der Waals surface area contributed by atoms with Crippen molar-refractivity contribution in [1.29, 1.82) is 0 Å². The Kier molecular flexibility index (Phi) is 10.9. The zero-order valence-corrected chi connectivity index (χ0v) is 26.6. The molecule has 2 heterocycles. The Morgan fingerprint density at radius 2 is 1.62 bits per heavy atom. The van der Waals surface area contributed by atoms with Crippen LogP contribution in [0.3, 0.4) is 0 Å². The highest BCUT2D eigenvalue weighted by molar-refractivity contribution is 6.30.